The van der Waals surface area contributed by atoms with Gasteiger partial charge in [0.2, 0.25) is 5.88 Å². The van der Waals surface area contributed by atoms with Gasteiger partial charge < -0.3 is 9.84 Å². The Kier molecular flexibility index (Phi) is 7.28. The smallest absolute Gasteiger partial charge is 0.330 e. The lowest BCUT2D eigenvalue weighted by molar-refractivity contribution is -0.142. The first-order valence-corrected chi connectivity index (χ1v) is 9.49. The van der Waals surface area contributed by atoms with E-state index < -0.39 is 17.6 Å². The summed E-state index contributed by atoms with van der Waals surface area (Å²) in [5.74, 6) is -0.756. The second-order valence-electron chi connectivity index (χ2n) is 6.22. The van der Waals surface area contributed by atoms with E-state index in [1.807, 2.05) is 37.3 Å². The van der Waals surface area contributed by atoms with Crippen LogP contribution in [0.5, 0.6) is 5.88 Å². The molecular formula is C20H25N3O4S. The third-order valence-electron chi connectivity index (χ3n) is 4.49. The van der Waals surface area contributed by atoms with Gasteiger partial charge in [0.05, 0.1) is 12.8 Å². The van der Waals surface area contributed by atoms with Gasteiger partial charge in [0.25, 0.3) is 5.56 Å². The predicted molar refractivity (Wildman–Crippen MR) is 111 cm³/mol. The van der Waals surface area contributed by atoms with E-state index in [9.17, 15) is 14.7 Å². The summed E-state index contributed by atoms with van der Waals surface area (Å²) >= 11 is 5.30. The molecule has 1 heterocycles. The van der Waals surface area contributed by atoms with E-state index in [0.29, 0.717) is 19.5 Å². The molecule has 1 aromatic heterocycles. The molecule has 0 aliphatic heterocycles. The maximum Gasteiger partial charge on any atom is 0.330 e. The predicted octanol–water partition coefficient (Wildman–Crippen LogP) is 2.72. The number of carbonyl (C=O) groups excluding carboxylic acids is 1. The van der Waals surface area contributed by atoms with Crippen molar-refractivity contribution in [2.24, 2.45) is 4.99 Å². The minimum absolute atomic E-state index is 0.0410. The number of aliphatic imine (C=N–C) groups is 1. The zero-order valence-corrected chi connectivity index (χ0v) is 17.3. The van der Waals surface area contributed by atoms with Crippen molar-refractivity contribution in [3.05, 3.63) is 56.6 Å². The maximum atomic E-state index is 12.9. The molecule has 0 saturated carbocycles. The second kappa shape index (κ2) is 9.45. The van der Waals surface area contributed by atoms with Crippen LogP contribution in [0.15, 0.2) is 40.1 Å². The van der Waals surface area contributed by atoms with Crippen molar-refractivity contribution in [2.45, 2.75) is 46.3 Å². The Labute approximate surface area is 168 Å². The average molecular weight is 404 g/mol. The fourth-order valence-electron chi connectivity index (χ4n) is 3.02. The molecule has 2 rings (SSSR count). The van der Waals surface area contributed by atoms with Gasteiger partial charge >= 0.3 is 5.97 Å². The number of aromatic hydroxyl groups is 1. The van der Waals surface area contributed by atoms with E-state index >= 15 is 0 Å². The first kappa shape index (κ1) is 21.6. The van der Waals surface area contributed by atoms with E-state index in [0.717, 1.165) is 5.56 Å². The van der Waals surface area contributed by atoms with Gasteiger partial charge in [0, 0.05) is 19.5 Å². The molecule has 0 radical (unpaired) electrons. The van der Waals surface area contributed by atoms with Gasteiger partial charge in [-0.05, 0) is 38.6 Å². The Morgan fingerprint density at radius 3 is 2.36 bits per heavy atom. The van der Waals surface area contributed by atoms with Gasteiger partial charge in [-0.1, -0.05) is 30.3 Å². The Bertz CT molecular complexity index is 993. The molecule has 1 unspecified atom stereocenters. The molecule has 2 aromatic rings. The van der Waals surface area contributed by atoms with Crippen LogP contribution < -0.4 is 5.56 Å². The molecule has 0 fully saturated rings. The van der Waals surface area contributed by atoms with E-state index in [1.165, 1.54) is 16.2 Å². The Morgan fingerprint density at radius 2 is 1.82 bits per heavy atom. The number of nitrogens with zero attached hydrogens (tertiary/aromatic N) is 3. The zero-order valence-electron chi connectivity index (χ0n) is 16.5. The highest BCUT2D eigenvalue weighted by atomic mass is 32.1. The molecule has 0 spiro atoms. The number of carbonyl (C=O) groups is 1. The fourth-order valence-corrected chi connectivity index (χ4v) is 3.45. The largest absolute Gasteiger partial charge is 0.494 e. The van der Waals surface area contributed by atoms with Crippen molar-refractivity contribution in [1.29, 1.82) is 0 Å². The van der Waals surface area contributed by atoms with Crippen molar-refractivity contribution in [3.63, 3.8) is 0 Å². The Morgan fingerprint density at radius 1 is 1.21 bits per heavy atom. The number of esters is 1. The minimum atomic E-state index is -0.834. The first-order valence-electron chi connectivity index (χ1n) is 9.08. The van der Waals surface area contributed by atoms with Crippen LogP contribution in [-0.2, 0) is 29.0 Å². The van der Waals surface area contributed by atoms with Crippen molar-refractivity contribution >= 4 is 23.9 Å². The van der Waals surface area contributed by atoms with Gasteiger partial charge in [-0.25, -0.2) is 4.79 Å². The van der Waals surface area contributed by atoms with Crippen LogP contribution >= 0.6 is 12.2 Å². The topological polar surface area (TPSA) is 85.8 Å². The number of ether oxygens (including phenoxy) is 1. The lowest BCUT2D eigenvalue weighted by Gasteiger charge is -2.17. The summed E-state index contributed by atoms with van der Waals surface area (Å²) in [6, 6.07) is 8.57. The zero-order chi connectivity index (χ0) is 20.8. The molecule has 8 heteroatoms. The summed E-state index contributed by atoms with van der Waals surface area (Å²) in [6.45, 7) is 5.98. The molecule has 0 saturated heterocycles. The molecule has 28 heavy (non-hydrogen) atoms. The minimum Gasteiger partial charge on any atom is -0.494 e. The standard InChI is InChI=1S/C20H25N3O4S/c1-5-22-17(24)16(18(25)23(6-2)20(22)28)13(3)21-15(19(26)27-4)12-14-10-8-7-9-11-14/h7-11,15,24H,5-6,12H2,1-4H3. The monoisotopic (exact) mass is 403 g/mol. The summed E-state index contributed by atoms with van der Waals surface area (Å²) in [5, 5.41) is 10.6. The summed E-state index contributed by atoms with van der Waals surface area (Å²) in [6.07, 6.45) is 0.320. The van der Waals surface area contributed by atoms with Crippen molar-refractivity contribution < 1.29 is 14.6 Å². The summed E-state index contributed by atoms with van der Waals surface area (Å²) in [5.41, 5.74) is 0.779. The van der Waals surface area contributed by atoms with Crippen LogP contribution in [0.2, 0.25) is 0 Å². The van der Waals surface area contributed by atoms with Gasteiger partial charge in [-0.15, -0.1) is 0 Å². The number of aromatic nitrogens is 2. The molecule has 1 N–H and O–H groups in total. The number of rotatable bonds is 7. The summed E-state index contributed by atoms with van der Waals surface area (Å²) < 4.78 is 8.00. The van der Waals surface area contributed by atoms with Gasteiger partial charge in [0.15, 0.2) is 10.8 Å². The normalized spacial score (nSPS) is 12.6. The number of hydrogen-bond donors (Lipinski definition) is 1. The van der Waals surface area contributed by atoms with Crippen molar-refractivity contribution in [2.75, 3.05) is 7.11 Å². The molecule has 0 aliphatic carbocycles. The molecule has 0 bridgehead atoms. The molecule has 0 aliphatic rings. The van der Waals surface area contributed by atoms with E-state index in [1.54, 1.807) is 13.8 Å². The highest BCUT2D eigenvalue weighted by Gasteiger charge is 2.23. The fraction of sp³-hybridized carbons (Fsp3) is 0.400. The van der Waals surface area contributed by atoms with Crippen LogP contribution in [0.3, 0.4) is 0 Å². The van der Waals surface area contributed by atoms with Crippen LogP contribution in [0.25, 0.3) is 0 Å². The second-order valence-corrected chi connectivity index (χ2v) is 6.58. The van der Waals surface area contributed by atoms with Crippen LogP contribution in [0.4, 0.5) is 0 Å². The van der Waals surface area contributed by atoms with E-state index in [-0.39, 0.29) is 21.9 Å². The number of benzene rings is 1. The first-order chi connectivity index (χ1) is 13.3. The van der Waals surface area contributed by atoms with Crippen molar-refractivity contribution in [1.82, 2.24) is 9.13 Å². The molecule has 0 amide bonds. The van der Waals surface area contributed by atoms with E-state index in [4.69, 9.17) is 17.0 Å². The summed E-state index contributed by atoms with van der Waals surface area (Å²) in [4.78, 5) is 29.5. The molecule has 1 atom stereocenters. The molecule has 1 aromatic carbocycles. The highest BCUT2D eigenvalue weighted by Crippen LogP contribution is 2.17. The molecule has 7 nitrogen and oxygen atoms in total. The Hall–Kier alpha value is -2.74. The quantitative estimate of drug-likeness (QED) is 0.436. The summed E-state index contributed by atoms with van der Waals surface area (Å²) in [7, 11) is 1.30. The number of hydrogen-bond acceptors (Lipinski definition) is 6. The number of methoxy groups -OCH3 is 1. The lowest BCUT2D eigenvalue weighted by atomic mass is 10.1. The van der Waals surface area contributed by atoms with Crippen LogP contribution in [0.1, 0.15) is 31.9 Å². The van der Waals surface area contributed by atoms with Gasteiger partial charge in [-0.3, -0.25) is 18.9 Å². The lowest BCUT2D eigenvalue weighted by Crippen LogP contribution is -2.31. The van der Waals surface area contributed by atoms with E-state index in [2.05, 4.69) is 4.99 Å². The third-order valence-corrected chi connectivity index (χ3v) is 4.93. The SMILES string of the molecule is CCn1c(O)c(C(C)=NC(Cc2ccccc2)C(=O)OC)c(=O)n(CC)c1=S. The van der Waals surface area contributed by atoms with Crippen LogP contribution in [-0.4, -0.2) is 39.1 Å². The third kappa shape index (κ3) is 4.39. The van der Waals surface area contributed by atoms with Crippen LogP contribution in [0, 0.1) is 4.77 Å². The highest BCUT2D eigenvalue weighted by molar-refractivity contribution is 7.71. The average Bonchev–Trinajstić information content (AvgIpc) is 2.68. The van der Waals surface area contributed by atoms with Crippen molar-refractivity contribution in [3.8, 4) is 5.88 Å². The molecular weight excluding hydrogens is 378 g/mol. The molecule has 150 valence electrons. The Balaban J connectivity index is 2.59. The van der Waals surface area contributed by atoms with Gasteiger partial charge in [0.1, 0.15) is 5.56 Å². The van der Waals surface area contributed by atoms with Gasteiger partial charge in [-0.2, -0.15) is 0 Å². The maximum absolute atomic E-state index is 12.9.